The third-order valence-corrected chi connectivity index (χ3v) is 6.87. The van der Waals surface area contributed by atoms with Gasteiger partial charge in [0.15, 0.2) is 11.0 Å². The van der Waals surface area contributed by atoms with Gasteiger partial charge in [-0.1, -0.05) is 30.3 Å². The maximum atomic E-state index is 13.3. The van der Waals surface area contributed by atoms with Crippen LogP contribution in [-0.2, 0) is 18.7 Å². The molecule has 2 aromatic heterocycles. The van der Waals surface area contributed by atoms with Gasteiger partial charge in [0.1, 0.15) is 12.2 Å². The normalized spacial score (nSPS) is 18.9. The summed E-state index contributed by atoms with van der Waals surface area (Å²) in [5, 5.41) is 16.5. The molecule has 0 bridgehead atoms. The Morgan fingerprint density at radius 3 is 2.83 bits per heavy atom. The first-order chi connectivity index (χ1) is 14.8. The highest BCUT2D eigenvalue weighted by Crippen LogP contribution is 2.33. The van der Waals surface area contributed by atoms with Crippen LogP contribution in [0.25, 0.3) is 0 Å². The second-order valence-corrected chi connectivity index (χ2v) is 8.83. The van der Waals surface area contributed by atoms with E-state index in [1.165, 1.54) is 19.2 Å². The average Bonchev–Trinajstić information content (AvgIpc) is 3.51. The van der Waals surface area contributed by atoms with E-state index in [2.05, 4.69) is 29.9 Å². The smallest absolute Gasteiger partial charge is 0.254 e. The van der Waals surface area contributed by atoms with Gasteiger partial charge >= 0.3 is 0 Å². The van der Waals surface area contributed by atoms with Crippen LogP contribution in [0, 0.1) is 0 Å². The summed E-state index contributed by atoms with van der Waals surface area (Å²) in [5.41, 5.74) is 1.87. The number of aromatic amines is 1. The first kappa shape index (κ1) is 19.3. The maximum absolute atomic E-state index is 13.3. The van der Waals surface area contributed by atoms with Crippen LogP contribution >= 0.6 is 11.8 Å². The van der Waals surface area contributed by atoms with Crippen LogP contribution in [0.4, 0.5) is 0 Å². The minimum atomic E-state index is 0.0264. The largest absolute Gasteiger partial charge is 0.328 e. The lowest BCUT2D eigenvalue weighted by Gasteiger charge is -2.25. The monoisotopic (exact) mass is 423 g/mol. The number of rotatable bonds is 5. The van der Waals surface area contributed by atoms with Gasteiger partial charge in [-0.05, 0) is 43.4 Å². The molecule has 1 N–H and O–H groups in total. The highest BCUT2D eigenvalue weighted by atomic mass is 32.2. The standard InChI is InChI=1S/C21H25N7OS/c29-20(16-9-7-15(8-10-16)13-30-21-22-14-23-26-21)27-12-4-5-17(27)19-25-24-18-6-2-1-3-11-28(18)19/h7-10,14,17H,1-6,11-13H2,(H,22,23,26). The average molecular weight is 424 g/mol. The van der Waals surface area contributed by atoms with Gasteiger partial charge < -0.3 is 9.47 Å². The highest BCUT2D eigenvalue weighted by Gasteiger charge is 2.34. The summed E-state index contributed by atoms with van der Waals surface area (Å²) in [5.74, 6) is 2.91. The fourth-order valence-electron chi connectivity index (χ4n) is 4.36. The zero-order chi connectivity index (χ0) is 20.3. The lowest BCUT2D eigenvalue weighted by atomic mass is 10.1. The minimum absolute atomic E-state index is 0.0264. The number of carbonyl (C=O) groups is 1. The Morgan fingerprint density at radius 2 is 2.00 bits per heavy atom. The third-order valence-electron chi connectivity index (χ3n) is 5.92. The van der Waals surface area contributed by atoms with Gasteiger partial charge in [0, 0.05) is 30.8 Å². The first-order valence-electron chi connectivity index (χ1n) is 10.6. The zero-order valence-electron chi connectivity index (χ0n) is 16.8. The summed E-state index contributed by atoms with van der Waals surface area (Å²) < 4.78 is 2.27. The molecule has 9 heteroatoms. The lowest BCUT2D eigenvalue weighted by molar-refractivity contribution is 0.0727. The molecule has 3 aromatic rings. The second kappa shape index (κ2) is 8.59. The highest BCUT2D eigenvalue weighted by molar-refractivity contribution is 7.98. The Kier molecular flexibility index (Phi) is 5.52. The summed E-state index contributed by atoms with van der Waals surface area (Å²) in [6, 6.07) is 7.92. The van der Waals surface area contributed by atoms with Crippen molar-refractivity contribution < 1.29 is 4.79 Å². The molecular formula is C21H25N7OS. The predicted octanol–water partition coefficient (Wildman–Crippen LogP) is 3.39. The van der Waals surface area contributed by atoms with Crippen LogP contribution in [0.5, 0.6) is 0 Å². The van der Waals surface area contributed by atoms with Gasteiger partial charge in [-0.25, -0.2) is 4.98 Å². The number of likely N-dealkylation sites (tertiary alicyclic amines) is 1. The number of nitrogens with zero attached hydrogens (tertiary/aromatic N) is 6. The maximum Gasteiger partial charge on any atom is 0.254 e. The van der Waals surface area contributed by atoms with Crippen LogP contribution in [-0.4, -0.2) is 47.3 Å². The molecule has 2 aliphatic heterocycles. The van der Waals surface area contributed by atoms with Crippen molar-refractivity contribution in [1.29, 1.82) is 0 Å². The Morgan fingerprint density at radius 1 is 1.10 bits per heavy atom. The van der Waals surface area contributed by atoms with Gasteiger partial charge in [-0.2, -0.15) is 5.10 Å². The van der Waals surface area contributed by atoms with Crippen molar-refractivity contribution in [2.24, 2.45) is 0 Å². The third kappa shape index (κ3) is 3.86. The Hall–Kier alpha value is -2.68. The Labute approximate surface area is 179 Å². The molecule has 1 amide bonds. The molecule has 2 aliphatic rings. The fraction of sp³-hybridized carbons (Fsp3) is 0.476. The van der Waals surface area contributed by atoms with Gasteiger partial charge in [0.05, 0.1) is 6.04 Å². The van der Waals surface area contributed by atoms with Crippen molar-refractivity contribution in [3.05, 3.63) is 53.4 Å². The number of fused-ring (bicyclic) bond motifs is 1. The number of H-pyrrole nitrogens is 1. The van der Waals surface area contributed by atoms with Crippen LogP contribution in [0.3, 0.4) is 0 Å². The van der Waals surface area contributed by atoms with Crippen molar-refractivity contribution in [2.45, 2.75) is 62.0 Å². The summed E-state index contributed by atoms with van der Waals surface area (Å²) in [7, 11) is 0. The second-order valence-electron chi connectivity index (χ2n) is 7.87. The number of amides is 1. The van der Waals surface area contributed by atoms with E-state index in [4.69, 9.17) is 0 Å². The topological polar surface area (TPSA) is 92.6 Å². The van der Waals surface area contributed by atoms with Crippen molar-refractivity contribution in [3.8, 4) is 0 Å². The summed E-state index contributed by atoms with van der Waals surface area (Å²) >= 11 is 1.59. The molecule has 156 valence electrons. The number of benzene rings is 1. The Balaban J connectivity index is 1.30. The molecule has 0 spiro atoms. The molecule has 1 aromatic carbocycles. The van der Waals surface area contributed by atoms with E-state index >= 15 is 0 Å². The minimum Gasteiger partial charge on any atom is -0.328 e. The summed E-state index contributed by atoms with van der Waals surface area (Å²) in [6.07, 6.45) is 8.02. The molecule has 1 fully saturated rings. The SMILES string of the molecule is O=C(c1ccc(CSc2ncn[nH]2)cc1)N1CCCC1c1nnc2n1CCCCC2. The van der Waals surface area contributed by atoms with Crippen molar-refractivity contribution in [2.75, 3.05) is 6.54 Å². The van der Waals surface area contributed by atoms with Gasteiger partial charge in [-0.15, -0.1) is 10.2 Å². The number of hydrogen-bond donors (Lipinski definition) is 1. The van der Waals surface area contributed by atoms with E-state index in [0.29, 0.717) is 0 Å². The molecule has 8 nitrogen and oxygen atoms in total. The molecule has 0 saturated carbocycles. The molecule has 1 unspecified atom stereocenters. The molecular weight excluding hydrogens is 398 g/mol. The molecule has 5 rings (SSSR count). The lowest BCUT2D eigenvalue weighted by Crippen LogP contribution is -2.32. The molecule has 1 atom stereocenters. The molecule has 0 radical (unpaired) electrons. The van der Waals surface area contributed by atoms with E-state index in [1.54, 1.807) is 11.8 Å². The number of nitrogens with one attached hydrogen (secondary N) is 1. The molecule has 4 heterocycles. The van der Waals surface area contributed by atoms with Crippen LogP contribution in [0.1, 0.15) is 65.7 Å². The van der Waals surface area contributed by atoms with E-state index in [-0.39, 0.29) is 11.9 Å². The number of aryl methyl sites for hydroxylation is 1. The van der Waals surface area contributed by atoms with E-state index in [0.717, 1.165) is 72.5 Å². The zero-order valence-corrected chi connectivity index (χ0v) is 17.6. The predicted molar refractivity (Wildman–Crippen MR) is 113 cm³/mol. The summed E-state index contributed by atoms with van der Waals surface area (Å²) in [6.45, 7) is 1.74. The van der Waals surface area contributed by atoms with Crippen molar-refractivity contribution in [1.82, 2.24) is 34.8 Å². The summed E-state index contributed by atoms with van der Waals surface area (Å²) in [4.78, 5) is 19.4. The van der Waals surface area contributed by atoms with Gasteiger partial charge in [-0.3, -0.25) is 9.89 Å². The number of thioether (sulfide) groups is 1. The number of carbonyl (C=O) groups excluding carboxylic acids is 1. The molecule has 0 aliphatic carbocycles. The van der Waals surface area contributed by atoms with Crippen LogP contribution in [0.2, 0.25) is 0 Å². The van der Waals surface area contributed by atoms with E-state index < -0.39 is 0 Å². The molecule has 1 saturated heterocycles. The van der Waals surface area contributed by atoms with Crippen LogP contribution < -0.4 is 0 Å². The van der Waals surface area contributed by atoms with E-state index in [9.17, 15) is 4.79 Å². The van der Waals surface area contributed by atoms with E-state index in [1.807, 2.05) is 29.2 Å². The molecule has 30 heavy (non-hydrogen) atoms. The number of aromatic nitrogens is 6. The van der Waals surface area contributed by atoms with Crippen LogP contribution in [0.15, 0.2) is 35.7 Å². The quantitative estimate of drug-likeness (QED) is 0.633. The number of hydrogen-bond acceptors (Lipinski definition) is 6. The van der Waals surface area contributed by atoms with Gasteiger partial charge in [0.25, 0.3) is 5.91 Å². The fourth-order valence-corrected chi connectivity index (χ4v) is 5.09. The Bertz CT molecular complexity index is 999. The van der Waals surface area contributed by atoms with Crippen molar-refractivity contribution >= 4 is 17.7 Å². The van der Waals surface area contributed by atoms with Crippen molar-refractivity contribution in [3.63, 3.8) is 0 Å². The first-order valence-corrected chi connectivity index (χ1v) is 11.6. The van der Waals surface area contributed by atoms with Gasteiger partial charge in [0.2, 0.25) is 0 Å².